The molecule has 2 aromatic heterocycles. The Bertz CT molecular complexity index is 757. The van der Waals surface area contributed by atoms with Crippen LogP contribution < -0.4 is 16.6 Å². The molecule has 0 radical (unpaired) electrons. The average Bonchev–Trinajstić information content (AvgIpc) is 2.98. The summed E-state index contributed by atoms with van der Waals surface area (Å²) in [4.78, 5) is 22.3. The number of nitrogens with two attached hydrogens (primary N) is 1. The first-order valence-electron chi connectivity index (χ1n) is 6.55. The molecule has 0 aliphatic carbocycles. The van der Waals surface area contributed by atoms with Crippen molar-refractivity contribution in [1.29, 1.82) is 0 Å². The van der Waals surface area contributed by atoms with Crippen LogP contribution in [0.15, 0.2) is 4.79 Å². The van der Waals surface area contributed by atoms with Gasteiger partial charge in [0.05, 0.1) is 6.61 Å². The highest BCUT2D eigenvalue weighted by molar-refractivity contribution is 5.74. The molecular formula is C11H16N6O5. The topological polar surface area (TPSA) is 172 Å². The SMILES string of the molecule is CNc1nc2c(=O)[nH]c(N)nc2n1[C@@H]1O[C@@H](CO)[C@@H](O)[C@@H]1O. The number of imidazole rings is 1. The highest BCUT2D eigenvalue weighted by Gasteiger charge is 2.45. The van der Waals surface area contributed by atoms with E-state index >= 15 is 0 Å². The first-order valence-corrected chi connectivity index (χ1v) is 6.55. The Kier molecular flexibility index (Phi) is 3.48. The first-order chi connectivity index (χ1) is 10.5. The maximum Gasteiger partial charge on any atom is 0.280 e. The van der Waals surface area contributed by atoms with Crippen LogP contribution in [0, 0.1) is 0 Å². The van der Waals surface area contributed by atoms with Crippen LogP contribution in [0.3, 0.4) is 0 Å². The van der Waals surface area contributed by atoms with Gasteiger partial charge in [-0.25, -0.2) is 4.98 Å². The molecule has 4 atom stereocenters. The minimum atomic E-state index is -1.33. The molecule has 0 spiro atoms. The molecule has 11 heteroatoms. The van der Waals surface area contributed by atoms with Crippen molar-refractivity contribution in [3.05, 3.63) is 10.4 Å². The number of nitrogen functional groups attached to an aromatic ring is 1. The summed E-state index contributed by atoms with van der Waals surface area (Å²) in [6.45, 7) is -0.466. The zero-order chi connectivity index (χ0) is 16.0. The maximum absolute atomic E-state index is 11.9. The molecule has 7 N–H and O–H groups in total. The number of aliphatic hydroxyl groups excluding tert-OH is 3. The maximum atomic E-state index is 11.9. The molecule has 0 saturated carbocycles. The third kappa shape index (κ3) is 2.02. The second kappa shape index (κ2) is 5.21. The Hall–Kier alpha value is -2.21. The van der Waals surface area contributed by atoms with E-state index in [1.54, 1.807) is 7.05 Å². The molecule has 0 bridgehead atoms. The van der Waals surface area contributed by atoms with Gasteiger partial charge in [0.15, 0.2) is 17.4 Å². The molecule has 1 aliphatic rings. The number of nitrogens with zero attached hydrogens (tertiary/aromatic N) is 3. The normalized spacial score (nSPS) is 28.4. The van der Waals surface area contributed by atoms with Crippen molar-refractivity contribution >= 4 is 23.1 Å². The van der Waals surface area contributed by atoms with Crippen LogP contribution in [-0.2, 0) is 4.74 Å². The van der Waals surface area contributed by atoms with Gasteiger partial charge in [-0.2, -0.15) is 4.98 Å². The van der Waals surface area contributed by atoms with E-state index in [9.17, 15) is 20.1 Å². The smallest absolute Gasteiger partial charge is 0.280 e. The predicted octanol–water partition coefficient (Wildman–Crippen LogP) is -2.64. The van der Waals surface area contributed by atoms with Crippen molar-refractivity contribution < 1.29 is 20.1 Å². The summed E-state index contributed by atoms with van der Waals surface area (Å²) in [6.07, 6.45) is -4.64. The zero-order valence-electron chi connectivity index (χ0n) is 11.6. The number of hydrogen-bond acceptors (Lipinski definition) is 9. The molecule has 3 heterocycles. The minimum Gasteiger partial charge on any atom is -0.394 e. The van der Waals surface area contributed by atoms with Crippen LogP contribution in [0.4, 0.5) is 11.9 Å². The number of hydrogen-bond donors (Lipinski definition) is 6. The van der Waals surface area contributed by atoms with Gasteiger partial charge in [-0.05, 0) is 0 Å². The summed E-state index contributed by atoms with van der Waals surface area (Å²) < 4.78 is 6.77. The predicted molar refractivity (Wildman–Crippen MR) is 75.1 cm³/mol. The second-order valence-electron chi connectivity index (χ2n) is 4.91. The van der Waals surface area contributed by atoms with Gasteiger partial charge in [-0.1, -0.05) is 0 Å². The van der Waals surface area contributed by atoms with Gasteiger partial charge in [0.1, 0.15) is 18.3 Å². The summed E-state index contributed by atoms with van der Waals surface area (Å²) in [5.74, 6) is 0.0847. The lowest BCUT2D eigenvalue weighted by Gasteiger charge is -2.18. The quantitative estimate of drug-likeness (QED) is 0.354. The number of anilines is 2. The van der Waals surface area contributed by atoms with E-state index in [4.69, 9.17) is 10.5 Å². The number of ether oxygens (including phenoxy) is 1. The first kappa shape index (κ1) is 14.7. The Morgan fingerprint density at radius 2 is 2.14 bits per heavy atom. The fourth-order valence-corrected chi connectivity index (χ4v) is 2.51. The van der Waals surface area contributed by atoms with E-state index in [2.05, 4.69) is 20.3 Å². The minimum absolute atomic E-state index is 0.0105. The van der Waals surface area contributed by atoms with Crippen molar-refractivity contribution in [1.82, 2.24) is 19.5 Å². The van der Waals surface area contributed by atoms with Crippen LogP contribution in [0.25, 0.3) is 11.2 Å². The molecule has 1 aliphatic heterocycles. The monoisotopic (exact) mass is 312 g/mol. The summed E-state index contributed by atoms with van der Waals surface area (Å²) in [5.41, 5.74) is 5.11. The Morgan fingerprint density at radius 3 is 2.73 bits per heavy atom. The number of aromatic amines is 1. The lowest BCUT2D eigenvalue weighted by Crippen LogP contribution is -2.33. The molecule has 0 amide bonds. The highest BCUT2D eigenvalue weighted by Crippen LogP contribution is 2.33. The lowest BCUT2D eigenvalue weighted by atomic mass is 10.1. The highest BCUT2D eigenvalue weighted by atomic mass is 16.6. The molecule has 2 aromatic rings. The molecular weight excluding hydrogens is 296 g/mol. The van der Waals surface area contributed by atoms with Gasteiger partial charge in [0, 0.05) is 7.05 Å². The van der Waals surface area contributed by atoms with Crippen molar-refractivity contribution in [3.63, 3.8) is 0 Å². The van der Waals surface area contributed by atoms with Gasteiger partial charge < -0.3 is 31.1 Å². The molecule has 11 nitrogen and oxygen atoms in total. The largest absolute Gasteiger partial charge is 0.394 e. The summed E-state index contributed by atoms with van der Waals surface area (Å²) in [6, 6.07) is 0. The van der Waals surface area contributed by atoms with Crippen molar-refractivity contribution in [2.24, 2.45) is 0 Å². The standard InChI is InChI=1S/C11H16N6O5/c1-13-11-14-4-7(15-10(12)16-8(4)21)17(11)9-6(20)5(19)3(2-18)22-9/h3,5-6,9,18-20H,2H2,1H3,(H,13,14)(H3,12,15,16,21)/t3-,5+,6-,9+/m0/s1. The third-order valence-electron chi connectivity index (χ3n) is 3.56. The van der Waals surface area contributed by atoms with Crippen LogP contribution >= 0.6 is 0 Å². The van der Waals surface area contributed by atoms with Gasteiger partial charge >= 0.3 is 0 Å². The van der Waals surface area contributed by atoms with Crippen LogP contribution in [0.1, 0.15) is 6.23 Å². The Balaban J connectivity index is 2.20. The molecule has 0 unspecified atom stereocenters. The van der Waals surface area contributed by atoms with E-state index in [0.717, 1.165) is 0 Å². The molecule has 3 rings (SSSR count). The molecule has 0 aromatic carbocycles. The number of nitrogens with one attached hydrogen (secondary N) is 2. The van der Waals surface area contributed by atoms with E-state index in [1.807, 2.05) is 0 Å². The van der Waals surface area contributed by atoms with E-state index in [-0.39, 0.29) is 23.1 Å². The fourth-order valence-electron chi connectivity index (χ4n) is 2.51. The van der Waals surface area contributed by atoms with Crippen molar-refractivity contribution in [3.8, 4) is 0 Å². The lowest BCUT2D eigenvalue weighted by molar-refractivity contribution is -0.0501. The van der Waals surface area contributed by atoms with E-state index < -0.39 is 36.7 Å². The van der Waals surface area contributed by atoms with E-state index in [1.165, 1.54) is 4.57 Å². The molecule has 1 saturated heterocycles. The molecule has 120 valence electrons. The summed E-state index contributed by atoms with van der Waals surface area (Å²) in [7, 11) is 1.57. The third-order valence-corrected chi connectivity index (χ3v) is 3.56. The number of fused-ring (bicyclic) bond motifs is 1. The van der Waals surface area contributed by atoms with Gasteiger partial charge in [-0.3, -0.25) is 14.3 Å². The number of aromatic nitrogens is 4. The Morgan fingerprint density at radius 1 is 1.41 bits per heavy atom. The van der Waals surface area contributed by atoms with Gasteiger partial charge in [0.2, 0.25) is 11.9 Å². The Labute approximate surface area is 123 Å². The van der Waals surface area contributed by atoms with Crippen molar-refractivity contribution in [2.45, 2.75) is 24.5 Å². The second-order valence-corrected chi connectivity index (χ2v) is 4.91. The van der Waals surface area contributed by atoms with E-state index in [0.29, 0.717) is 0 Å². The summed E-state index contributed by atoms with van der Waals surface area (Å²) in [5, 5.41) is 31.9. The average molecular weight is 312 g/mol. The molecule has 22 heavy (non-hydrogen) atoms. The van der Waals surface area contributed by atoms with Gasteiger partial charge in [0.25, 0.3) is 5.56 Å². The number of H-pyrrole nitrogens is 1. The van der Waals surface area contributed by atoms with Crippen LogP contribution in [0.5, 0.6) is 0 Å². The fraction of sp³-hybridized carbons (Fsp3) is 0.545. The zero-order valence-corrected chi connectivity index (χ0v) is 11.6. The van der Waals surface area contributed by atoms with Crippen LogP contribution in [-0.4, -0.2) is 66.8 Å². The van der Waals surface area contributed by atoms with Crippen LogP contribution in [0.2, 0.25) is 0 Å². The van der Waals surface area contributed by atoms with Gasteiger partial charge in [-0.15, -0.1) is 0 Å². The van der Waals surface area contributed by atoms with Crippen molar-refractivity contribution in [2.75, 3.05) is 24.7 Å². The molecule has 1 fully saturated rings. The number of rotatable bonds is 3. The number of aliphatic hydroxyl groups is 3. The summed E-state index contributed by atoms with van der Waals surface area (Å²) >= 11 is 0.